The highest BCUT2D eigenvalue weighted by atomic mass is 16.5. The summed E-state index contributed by atoms with van der Waals surface area (Å²) in [6.45, 7) is 5.54. The Balaban J connectivity index is 2.23. The minimum atomic E-state index is -0.227. The normalized spacial score (nSPS) is 12.2. The molecule has 0 fully saturated rings. The molecule has 0 radical (unpaired) electrons. The summed E-state index contributed by atoms with van der Waals surface area (Å²) in [5.41, 5.74) is 6.75. The van der Waals surface area contributed by atoms with Gasteiger partial charge in [0.2, 0.25) is 5.91 Å². The molecule has 0 spiro atoms. The molecule has 5 heteroatoms. The number of ether oxygens (including phenoxy) is 2. The standard InChI is InChI=1S/C16H26N2O3/c1-12(2)13-4-6-14(7-5-13)21-9-8-18-16(19)10-15(11-17)20-3/h4-7,12,15H,8-11,17H2,1-3H3,(H,18,19). The van der Waals surface area contributed by atoms with Gasteiger partial charge in [0.15, 0.2) is 0 Å². The highest BCUT2D eigenvalue weighted by Crippen LogP contribution is 2.18. The molecular weight excluding hydrogens is 268 g/mol. The van der Waals surface area contributed by atoms with E-state index in [4.69, 9.17) is 15.2 Å². The molecule has 5 nitrogen and oxygen atoms in total. The smallest absolute Gasteiger partial charge is 0.222 e. The van der Waals surface area contributed by atoms with Crippen LogP contribution in [0.15, 0.2) is 24.3 Å². The van der Waals surface area contributed by atoms with Crippen molar-refractivity contribution in [3.63, 3.8) is 0 Å². The SMILES string of the molecule is COC(CN)CC(=O)NCCOc1ccc(C(C)C)cc1. The first-order valence-corrected chi connectivity index (χ1v) is 7.29. The van der Waals surface area contributed by atoms with E-state index in [1.54, 1.807) is 7.11 Å². The third-order valence-electron chi connectivity index (χ3n) is 3.25. The summed E-state index contributed by atoms with van der Waals surface area (Å²) < 4.78 is 10.6. The number of benzene rings is 1. The first-order valence-electron chi connectivity index (χ1n) is 7.29. The van der Waals surface area contributed by atoms with Crippen LogP contribution in [0.2, 0.25) is 0 Å². The maximum absolute atomic E-state index is 11.6. The van der Waals surface area contributed by atoms with Gasteiger partial charge in [0.25, 0.3) is 0 Å². The molecule has 1 atom stereocenters. The number of hydrogen-bond acceptors (Lipinski definition) is 4. The van der Waals surface area contributed by atoms with E-state index in [1.807, 2.05) is 12.1 Å². The lowest BCUT2D eigenvalue weighted by Gasteiger charge is -2.13. The van der Waals surface area contributed by atoms with Gasteiger partial charge in [0.1, 0.15) is 12.4 Å². The van der Waals surface area contributed by atoms with Crippen molar-refractivity contribution in [1.82, 2.24) is 5.32 Å². The van der Waals surface area contributed by atoms with Crippen molar-refractivity contribution >= 4 is 5.91 Å². The number of carbonyl (C=O) groups is 1. The molecule has 0 heterocycles. The van der Waals surface area contributed by atoms with Gasteiger partial charge >= 0.3 is 0 Å². The first kappa shape index (κ1) is 17.5. The van der Waals surface area contributed by atoms with Gasteiger partial charge in [-0.2, -0.15) is 0 Å². The van der Waals surface area contributed by atoms with Crippen LogP contribution >= 0.6 is 0 Å². The van der Waals surface area contributed by atoms with E-state index in [9.17, 15) is 4.79 Å². The van der Waals surface area contributed by atoms with Crippen LogP contribution in [0.25, 0.3) is 0 Å². The summed E-state index contributed by atoms with van der Waals surface area (Å²) in [7, 11) is 1.55. The molecule has 0 aromatic heterocycles. The zero-order valence-electron chi connectivity index (χ0n) is 13.1. The molecule has 0 aliphatic rings. The van der Waals surface area contributed by atoms with E-state index in [0.717, 1.165) is 5.75 Å². The average molecular weight is 294 g/mol. The fourth-order valence-electron chi connectivity index (χ4n) is 1.85. The minimum absolute atomic E-state index is 0.0777. The molecule has 1 aromatic rings. The molecule has 0 aliphatic carbocycles. The van der Waals surface area contributed by atoms with Crippen molar-refractivity contribution in [3.8, 4) is 5.75 Å². The van der Waals surface area contributed by atoms with Crippen molar-refractivity contribution < 1.29 is 14.3 Å². The van der Waals surface area contributed by atoms with Crippen LogP contribution in [-0.2, 0) is 9.53 Å². The largest absolute Gasteiger partial charge is 0.492 e. The number of nitrogens with one attached hydrogen (secondary N) is 1. The molecule has 0 saturated heterocycles. The molecule has 118 valence electrons. The van der Waals surface area contributed by atoms with Crippen molar-refractivity contribution in [2.75, 3.05) is 26.8 Å². The Labute approximate surface area is 126 Å². The summed E-state index contributed by atoms with van der Waals surface area (Å²) in [5, 5.41) is 2.78. The summed E-state index contributed by atoms with van der Waals surface area (Å²) in [4.78, 5) is 11.6. The van der Waals surface area contributed by atoms with Crippen LogP contribution in [0.5, 0.6) is 5.75 Å². The van der Waals surface area contributed by atoms with Gasteiger partial charge in [-0.1, -0.05) is 26.0 Å². The molecule has 1 unspecified atom stereocenters. The van der Waals surface area contributed by atoms with E-state index >= 15 is 0 Å². The van der Waals surface area contributed by atoms with E-state index < -0.39 is 0 Å². The highest BCUT2D eigenvalue weighted by molar-refractivity contribution is 5.76. The fourth-order valence-corrected chi connectivity index (χ4v) is 1.85. The van der Waals surface area contributed by atoms with E-state index in [-0.39, 0.29) is 18.4 Å². The molecule has 0 saturated carbocycles. The summed E-state index contributed by atoms with van der Waals surface area (Å²) in [6, 6.07) is 8.02. The van der Waals surface area contributed by atoms with Crippen molar-refractivity contribution in [2.24, 2.45) is 5.73 Å². The average Bonchev–Trinajstić information content (AvgIpc) is 2.49. The van der Waals surface area contributed by atoms with Gasteiger partial charge in [-0.05, 0) is 23.6 Å². The summed E-state index contributed by atoms with van der Waals surface area (Å²) in [6.07, 6.45) is 0.0466. The predicted molar refractivity (Wildman–Crippen MR) is 83.5 cm³/mol. The molecule has 1 amide bonds. The van der Waals surface area contributed by atoms with Crippen molar-refractivity contribution in [3.05, 3.63) is 29.8 Å². The number of rotatable bonds is 9. The molecular formula is C16H26N2O3. The van der Waals surface area contributed by atoms with Crippen molar-refractivity contribution in [2.45, 2.75) is 32.3 Å². The Bertz CT molecular complexity index is 414. The molecule has 1 aromatic carbocycles. The Morgan fingerprint density at radius 1 is 1.29 bits per heavy atom. The highest BCUT2D eigenvalue weighted by Gasteiger charge is 2.10. The third-order valence-corrected chi connectivity index (χ3v) is 3.25. The molecule has 3 N–H and O–H groups in total. The Morgan fingerprint density at radius 3 is 2.48 bits per heavy atom. The minimum Gasteiger partial charge on any atom is -0.492 e. The molecule has 0 bridgehead atoms. The number of methoxy groups -OCH3 is 1. The molecule has 1 rings (SSSR count). The Hall–Kier alpha value is -1.59. The van der Waals surface area contributed by atoms with Gasteiger partial charge in [0, 0.05) is 13.7 Å². The molecule has 21 heavy (non-hydrogen) atoms. The topological polar surface area (TPSA) is 73.6 Å². The lowest BCUT2D eigenvalue weighted by atomic mass is 10.0. The number of nitrogens with two attached hydrogens (primary N) is 1. The van der Waals surface area contributed by atoms with Gasteiger partial charge < -0.3 is 20.5 Å². The van der Waals surface area contributed by atoms with Crippen LogP contribution in [0.1, 0.15) is 31.7 Å². The second-order valence-corrected chi connectivity index (χ2v) is 5.22. The fraction of sp³-hybridized carbons (Fsp3) is 0.562. The Kier molecular flexibility index (Phi) is 7.79. The maximum Gasteiger partial charge on any atom is 0.222 e. The Morgan fingerprint density at radius 2 is 1.95 bits per heavy atom. The maximum atomic E-state index is 11.6. The van der Waals surface area contributed by atoms with E-state index in [1.165, 1.54) is 5.56 Å². The summed E-state index contributed by atoms with van der Waals surface area (Å²) in [5.74, 6) is 1.24. The van der Waals surface area contributed by atoms with Crippen LogP contribution in [0, 0.1) is 0 Å². The lowest BCUT2D eigenvalue weighted by molar-refractivity contribution is -0.123. The van der Waals surface area contributed by atoms with Crippen LogP contribution < -0.4 is 15.8 Å². The van der Waals surface area contributed by atoms with Gasteiger partial charge in [-0.25, -0.2) is 0 Å². The zero-order valence-corrected chi connectivity index (χ0v) is 13.1. The van der Waals surface area contributed by atoms with E-state index in [0.29, 0.717) is 25.6 Å². The van der Waals surface area contributed by atoms with Crippen LogP contribution in [0.3, 0.4) is 0 Å². The summed E-state index contributed by atoms with van der Waals surface area (Å²) >= 11 is 0. The molecule has 0 aliphatic heterocycles. The quantitative estimate of drug-likeness (QED) is 0.679. The van der Waals surface area contributed by atoms with Crippen LogP contribution in [-0.4, -0.2) is 38.8 Å². The lowest BCUT2D eigenvalue weighted by Crippen LogP contribution is -2.34. The van der Waals surface area contributed by atoms with Crippen LogP contribution in [0.4, 0.5) is 0 Å². The number of amides is 1. The third kappa shape index (κ3) is 6.60. The van der Waals surface area contributed by atoms with Gasteiger partial charge in [-0.15, -0.1) is 0 Å². The van der Waals surface area contributed by atoms with Crippen molar-refractivity contribution in [1.29, 1.82) is 0 Å². The van der Waals surface area contributed by atoms with Gasteiger partial charge in [0.05, 0.1) is 19.1 Å². The second kappa shape index (κ2) is 9.37. The zero-order chi connectivity index (χ0) is 15.7. The second-order valence-electron chi connectivity index (χ2n) is 5.22. The van der Waals surface area contributed by atoms with Gasteiger partial charge in [-0.3, -0.25) is 4.79 Å². The number of carbonyl (C=O) groups excluding carboxylic acids is 1. The van der Waals surface area contributed by atoms with E-state index in [2.05, 4.69) is 31.3 Å². The predicted octanol–water partition coefficient (Wildman–Crippen LogP) is 1.67. The number of hydrogen-bond donors (Lipinski definition) is 2. The monoisotopic (exact) mass is 294 g/mol. The first-order chi connectivity index (χ1) is 10.1.